The van der Waals surface area contributed by atoms with Crippen molar-refractivity contribution in [3.8, 4) is 5.75 Å². The Bertz CT molecular complexity index is 400. The minimum Gasteiger partial charge on any atom is -0.496 e. The molecular formula is C11H15N3O2. The predicted octanol–water partition coefficient (Wildman–Crippen LogP) is 3.21. The Balaban J connectivity index is 3.05. The summed E-state index contributed by atoms with van der Waals surface area (Å²) in [6.45, 7) is 2.32. The van der Waals surface area contributed by atoms with Crippen LogP contribution in [0.25, 0.3) is 10.4 Å². The maximum atomic E-state index is 8.38. The summed E-state index contributed by atoms with van der Waals surface area (Å²) in [5, 5.41) is 3.65. The first kappa shape index (κ1) is 12.4. The van der Waals surface area contributed by atoms with E-state index in [1.54, 1.807) is 14.2 Å². The Morgan fingerprint density at radius 1 is 1.44 bits per heavy atom. The van der Waals surface area contributed by atoms with Crippen molar-refractivity contribution >= 4 is 0 Å². The van der Waals surface area contributed by atoms with E-state index in [1.807, 2.05) is 25.1 Å². The van der Waals surface area contributed by atoms with Gasteiger partial charge in [-0.25, -0.2) is 0 Å². The van der Waals surface area contributed by atoms with Gasteiger partial charge in [-0.05, 0) is 23.2 Å². The zero-order valence-electron chi connectivity index (χ0n) is 9.67. The number of ether oxygens (including phenoxy) is 2. The summed E-state index contributed by atoms with van der Waals surface area (Å²) >= 11 is 0. The first-order chi connectivity index (χ1) is 7.72. The fraction of sp³-hybridized carbons (Fsp3) is 0.455. The molecule has 0 aliphatic rings. The van der Waals surface area contributed by atoms with E-state index in [0.717, 1.165) is 16.9 Å². The predicted molar refractivity (Wildman–Crippen MR) is 61.3 cm³/mol. The van der Waals surface area contributed by atoms with Crippen LogP contribution < -0.4 is 4.74 Å². The third-order valence-electron chi connectivity index (χ3n) is 2.31. The minimum atomic E-state index is -0.188. The first-order valence-electron chi connectivity index (χ1n) is 4.93. The fourth-order valence-electron chi connectivity index (χ4n) is 1.47. The summed E-state index contributed by atoms with van der Waals surface area (Å²) < 4.78 is 10.3. The van der Waals surface area contributed by atoms with E-state index in [4.69, 9.17) is 15.0 Å². The van der Waals surface area contributed by atoms with Crippen molar-refractivity contribution in [2.75, 3.05) is 14.2 Å². The molecule has 0 amide bonds. The van der Waals surface area contributed by atoms with E-state index in [2.05, 4.69) is 10.0 Å². The molecule has 0 radical (unpaired) electrons. The number of benzene rings is 1. The van der Waals surface area contributed by atoms with Crippen LogP contribution in [0.3, 0.4) is 0 Å². The molecule has 0 saturated heterocycles. The largest absolute Gasteiger partial charge is 0.496 e. The van der Waals surface area contributed by atoms with Gasteiger partial charge in [0.1, 0.15) is 5.75 Å². The maximum Gasteiger partial charge on any atom is 0.124 e. The van der Waals surface area contributed by atoms with Gasteiger partial charge >= 0.3 is 0 Å². The molecule has 1 aromatic carbocycles. The van der Waals surface area contributed by atoms with Crippen molar-refractivity contribution in [1.82, 2.24) is 0 Å². The lowest BCUT2D eigenvalue weighted by molar-refractivity contribution is 0.181. The summed E-state index contributed by atoms with van der Waals surface area (Å²) in [5.74, 6) is 0.777. The normalized spacial score (nSPS) is 11.7. The molecule has 86 valence electrons. The Kier molecular flexibility index (Phi) is 4.64. The number of nitrogens with zero attached hydrogens (tertiary/aromatic N) is 3. The van der Waals surface area contributed by atoms with Crippen molar-refractivity contribution in [1.29, 1.82) is 0 Å². The highest BCUT2D eigenvalue weighted by Crippen LogP contribution is 2.25. The van der Waals surface area contributed by atoms with E-state index in [0.29, 0.717) is 6.61 Å². The van der Waals surface area contributed by atoms with E-state index in [9.17, 15) is 0 Å². The van der Waals surface area contributed by atoms with Gasteiger partial charge in [0.25, 0.3) is 0 Å². The number of azide groups is 1. The van der Waals surface area contributed by atoms with E-state index in [1.165, 1.54) is 0 Å². The molecular weight excluding hydrogens is 206 g/mol. The summed E-state index contributed by atoms with van der Waals surface area (Å²) in [5.41, 5.74) is 10.3. The lowest BCUT2D eigenvalue weighted by atomic mass is 10.1. The number of hydrogen-bond donors (Lipinski definition) is 0. The van der Waals surface area contributed by atoms with Crippen LogP contribution in [-0.4, -0.2) is 14.2 Å². The average molecular weight is 221 g/mol. The topological polar surface area (TPSA) is 67.2 Å². The van der Waals surface area contributed by atoms with Crippen molar-refractivity contribution in [3.05, 3.63) is 39.8 Å². The molecule has 5 nitrogen and oxygen atoms in total. The molecule has 1 atom stereocenters. The Morgan fingerprint density at radius 2 is 2.19 bits per heavy atom. The molecule has 0 bridgehead atoms. The second-order valence-electron chi connectivity index (χ2n) is 3.39. The van der Waals surface area contributed by atoms with Gasteiger partial charge in [0.05, 0.1) is 19.8 Å². The molecule has 5 heteroatoms. The van der Waals surface area contributed by atoms with E-state index >= 15 is 0 Å². The molecule has 0 aliphatic carbocycles. The molecule has 0 aliphatic heterocycles. The molecule has 0 N–H and O–H groups in total. The van der Waals surface area contributed by atoms with E-state index in [-0.39, 0.29) is 6.04 Å². The third-order valence-corrected chi connectivity index (χ3v) is 2.31. The molecule has 0 fully saturated rings. The van der Waals surface area contributed by atoms with Gasteiger partial charge in [-0.2, -0.15) is 0 Å². The maximum absolute atomic E-state index is 8.38. The van der Waals surface area contributed by atoms with Gasteiger partial charge < -0.3 is 9.47 Å². The van der Waals surface area contributed by atoms with Crippen LogP contribution >= 0.6 is 0 Å². The molecule has 0 unspecified atom stereocenters. The Hall–Kier alpha value is -1.71. The summed E-state index contributed by atoms with van der Waals surface area (Å²) in [7, 11) is 3.24. The van der Waals surface area contributed by atoms with E-state index < -0.39 is 0 Å². The number of methoxy groups -OCH3 is 2. The van der Waals surface area contributed by atoms with Gasteiger partial charge in [-0.15, -0.1) is 0 Å². The van der Waals surface area contributed by atoms with Crippen molar-refractivity contribution in [3.63, 3.8) is 0 Å². The lowest BCUT2D eigenvalue weighted by Crippen LogP contribution is -1.97. The van der Waals surface area contributed by atoms with Gasteiger partial charge in [0.15, 0.2) is 0 Å². The molecule has 0 heterocycles. The SMILES string of the molecule is COCc1cc([C@H](C)N=[N+]=[N-])ccc1OC. The molecule has 0 spiro atoms. The third kappa shape index (κ3) is 2.89. The van der Waals surface area contributed by atoms with Crippen LogP contribution in [0, 0.1) is 0 Å². The summed E-state index contributed by atoms with van der Waals surface area (Å²) in [6, 6.07) is 5.48. The van der Waals surface area contributed by atoms with Crippen LogP contribution in [-0.2, 0) is 11.3 Å². The van der Waals surface area contributed by atoms with Crippen LogP contribution in [0.5, 0.6) is 5.75 Å². The fourth-order valence-corrected chi connectivity index (χ4v) is 1.47. The first-order valence-corrected chi connectivity index (χ1v) is 4.93. The second-order valence-corrected chi connectivity index (χ2v) is 3.39. The molecule has 1 aromatic rings. The Morgan fingerprint density at radius 3 is 2.75 bits per heavy atom. The molecule has 0 aromatic heterocycles. The Labute approximate surface area is 94.6 Å². The number of hydrogen-bond acceptors (Lipinski definition) is 3. The average Bonchev–Trinajstić information content (AvgIpc) is 2.29. The smallest absolute Gasteiger partial charge is 0.124 e. The number of rotatable bonds is 5. The standard InChI is InChI=1S/C11H15N3O2/c1-8(13-14-12)9-4-5-11(16-3)10(6-9)7-15-2/h4-6,8H,7H2,1-3H3/t8-/m0/s1. The van der Waals surface area contributed by atoms with Crippen molar-refractivity contribution < 1.29 is 9.47 Å². The minimum absolute atomic E-state index is 0.188. The highest BCUT2D eigenvalue weighted by molar-refractivity contribution is 5.38. The quantitative estimate of drug-likeness (QED) is 0.435. The van der Waals surface area contributed by atoms with Crippen molar-refractivity contribution in [2.45, 2.75) is 19.6 Å². The monoisotopic (exact) mass is 221 g/mol. The highest BCUT2D eigenvalue weighted by Gasteiger charge is 2.08. The van der Waals surface area contributed by atoms with Crippen LogP contribution in [0.1, 0.15) is 24.1 Å². The van der Waals surface area contributed by atoms with Gasteiger partial charge in [-0.3, -0.25) is 0 Å². The molecule has 16 heavy (non-hydrogen) atoms. The lowest BCUT2D eigenvalue weighted by Gasteiger charge is -2.11. The van der Waals surface area contributed by atoms with Crippen molar-refractivity contribution in [2.24, 2.45) is 5.11 Å². The summed E-state index contributed by atoms with van der Waals surface area (Å²) in [4.78, 5) is 2.79. The van der Waals surface area contributed by atoms with Gasteiger partial charge in [-0.1, -0.05) is 18.1 Å². The zero-order valence-corrected chi connectivity index (χ0v) is 9.67. The van der Waals surface area contributed by atoms with Crippen LogP contribution in [0.2, 0.25) is 0 Å². The zero-order chi connectivity index (χ0) is 12.0. The molecule has 0 saturated carbocycles. The van der Waals surface area contributed by atoms with Crippen LogP contribution in [0.4, 0.5) is 0 Å². The van der Waals surface area contributed by atoms with Gasteiger partial charge in [0, 0.05) is 17.6 Å². The highest BCUT2D eigenvalue weighted by atomic mass is 16.5. The van der Waals surface area contributed by atoms with Gasteiger partial charge in [0.2, 0.25) is 0 Å². The summed E-state index contributed by atoms with van der Waals surface area (Å²) in [6.07, 6.45) is 0. The second kappa shape index (κ2) is 6.00. The molecule has 1 rings (SSSR count). The van der Waals surface area contributed by atoms with Crippen LogP contribution in [0.15, 0.2) is 23.3 Å².